The SMILES string of the molecule is O=C(Nc1cccc(F)c1)C1CN(S(=O)(=O)Cc2ccccc2)c2ccccc2O1. The van der Waals surface area contributed by atoms with Crippen LogP contribution in [0.25, 0.3) is 0 Å². The molecule has 1 N–H and O–H groups in total. The second kappa shape index (κ2) is 8.16. The van der Waals surface area contributed by atoms with Gasteiger partial charge in [-0.3, -0.25) is 9.10 Å². The van der Waals surface area contributed by atoms with Gasteiger partial charge >= 0.3 is 0 Å². The Hall–Kier alpha value is -3.39. The van der Waals surface area contributed by atoms with Crippen molar-refractivity contribution in [3.05, 3.63) is 90.2 Å². The molecular formula is C22H19FN2O4S. The van der Waals surface area contributed by atoms with E-state index in [1.165, 1.54) is 22.5 Å². The standard InChI is InChI=1S/C22H19FN2O4S/c23-17-9-6-10-18(13-17)24-22(26)21-14-25(19-11-4-5-12-20(19)29-21)30(27,28)15-16-7-2-1-3-8-16/h1-13,21H,14-15H2,(H,24,26). The van der Waals surface area contributed by atoms with Gasteiger partial charge in [0.05, 0.1) is 18.0 Å². The number of hydrogen-bond donors (Lipinski definition) is 1. The number of nitrogens with one attached hydrogen (secondary N) is 1. The van der Waals surface area contributed by atoms with Crippen molar-refractivity contribution in [2.45, 2.75) is 11.9 Å². The lowest BCUT2D eigenvalue weighted by molar-refractivity contribution is -0.122. The number of hydrogen-bond acceptors (Lipinski definition) is 4. The quantitative estimate of drug-likeness (QED) is 0.677. The van der Waals surface area contributed by atoms with Gasteiger partial charge in [0.2, 0.25) is 10.0 Å². The number of ether oxygens (including phenoxy) is 1. The van der Waals surface area contributed by atoms with E-state index < -0.39 is 27.9 Å². The molecule has 0 radical (unpaired) electrons. The van der Waals surface area contributed by atoms with E-state index in [1.54, 1.807) is 54.6 Å². The van der Waals surface area contributed by atoms with Crippen LogP contribution in [0.3, 0.4) is 0 Å². The fraction of sp³-hybridized carbons (Fsp3) is 0.136. The van der Waals surface area contributed by atoms with Crippen LogP contribution in [0.15, 0.2) is 78.9 Å². The molecule has 0 saturated heterocycles. The van der Waals surface area contributed by atoms with Crippen molar-refractivity contribution in [1.82, 2.24) is 0 Å². The Morgan fingerprint density at radius 2 is 1.77 bits per heavy atom. The van der Waals surface area contributed by atoms with Gasteiger partial charge in [0, 0.05) is 5.69 Å². The van der Waals surface area contributed by atoms with E-state index in [-0.39, 0.29) is 18.0 Å². The van der Waals surface area contributed by atoms with Crippen LogP contribution in [0.5, 0.6) is 5.75 Å². The molecule has 154 valence electrons. The second-order valence-electron chi connectivity index (χ2n) is 6.85. The van der Waals surface area contributed by atoms with Crippen LogP contribution in [-0.2, 0) is 20.6 Å². The van der Waals surface area contributed by atoms with Gasteiger partial charge in [-0.25, -0.2) is 12.8 Å². The molecule has 3 aromatic rings. The minimum Gasteiger partial charge on any atom is -0.476 e. The highest BCUT2D eigenvalue weighted by atomic mass is 32.2. The summed E-state index contributed by atoms with van der Waals surface area (Å²) in [7, 11) is -3.78. The molecule has 1 heterocycles. The third-order valence-corrected chi connectivity index (χ3v) is 6.36. The van der Waals surface area contributed by atoms with E-state index in [9.17, 15) is 17.6 Å². The predicted octanol–water partition coefficient (Wildman–Crippen LogP) is 3.56. The number of fused-ring (bicyclic) bond motifs is 1. The number of halogens is 1. The average molecular weight is 426 g/mol. The van der Waals surface area contributed by atoms with Crippen molar-refractivity contribution >= 4 is 27.3 Å². The molecule has 0 aliphatic carbocycles. The molecule has 6 nitrogen and oxygen atoms in total. The summed E-state index contributed by atoms with van der Waals surface area (Å²) in [5.74, 6) is -0.968. The Bertz CT molecular complexity index is 1170. The fourth-order valence-corrected chi connectivity index (χ4v) is 4.84. The van der Waals surface area contributed by atoms with Crippen LogP contribution in [0.2, 0.25) is 0 Å². The number of benzene rings is 3. The van der Waals surface area contributed by atoms with Gasteiger partial charge in [-0.1, -0.05) is 48.5 Å². The van der Waals surface area contributed by atoms with Gasteiger partial charge in [0.25, 0.3) is 5.91 Å². The molecule has 1 unspecified atom stereocenters. The van der Waals surface area contributed by atoms with Gasteiger partial charge in [-0.15, -0.1) is 0 Å². The van der Waals surface area contributed by atoms with Gasteiger partial charge in [-0.05, 0) is 35.9 Å². The zero-order valence-electron chi connectivity index (χ0n) is 15.9. The first-order valence-corrected chi connectivity index (χ1v) is 10.9. The summed E-state index contributed by atoms with van der Waals surface area (Å²) in [4.78, 5) is 12.7. The molecule has 0 saturated carbocycles. The molecule has 0 aromatic heterocycles. The Balaban J connectivity index is 1.61. The molecule has 0 fully saturated rings. The lowest BCUT2D eigenvalue weighted by Gasteiger charge is -2.34. The van der Waals surface area contributed by atoms with Crippen LogP contribution in [0.1, 0.15) is 5.56 Å². The summed E-state index contributed by atoms with van der Waals surface area (Å²) in [6, 6.07) is 20.9. The Labute approximate surface area is 174 Å². The summed E-state index contributed by atoms with van der Waals surface area (Å²) >= 11 is 0. The van der Waals surface area contributed by atoms with Crippen molar-refractivity contribution in [2.24, 2.45) is 0 Å². The molecule has 1 aliphatic heterocycles. The smallest absolute Gasteiger partial charge is 0.267 e. The maximum Gasteiger partial charge on any atom is 0.267 e. The number of para-hydroxylation sites is 2. The minimum absolute atomic E-state index is 0.187. The van der Waals surface area contributed by atoms with E-state index >= 15 is 0 Å². The molecule has 4 rings (SSSR count). The van der Waals surface area contributed by atoms with Crippen LogP contribution in [-0.4, -0.2) is 27.0 Å². The molecule has 0 bridgehead atoms. The predicted molar refractivity (Wildman–Crippen MR) is 112 cm³/mol. The summed E-state index contributed by atoms with van der Waals surface area (Å²) < 4.78 is 46.7. The number of anilines is 2. The number of sulfonamides is 1. The molecule has 1 amide bonds. The topological polar surface area (TPSA) is 75.7 Å². The lowest BCUT2D eigenvalue weighted by atomic mass is 10.2. The summed E-state index contributed by atoms with van der Waals surface area (Å²) in [5, 5.41) is 2.58. The average Bonchev–Trinajstić information content (AvgIpc) is 2.73. The zero-order chi connectivity index (χ0) is 21.1. The van der Waals surface area contributed by atoms with E-state index in [1.807, 2.05) is 6.07 Å². The van der Waals surface area contributed by atoms with E-state index in [2.05, 4.69) is 5.32 Å². The fourth-order valence-electron chi connectivity index (χ4n) is 3.25. The first-order chi connectivity index (χ1) is 14.4. The van der Waals surface area contributed by atoms with Crippen LogP contribution in [0.4, 0.5) is 15.8 Å². The largest absolute Gasteiger partial charge is 0.476 e. The van der Waals surface area contributed by atoms with Gasteiger partial charge in [0.1, 0.15) is 11.6 Å². The summed E-state index contributed by atoms with van der Waals surface area (Å²) in [6.45, 7) is -0.187. The first-order valence-electron chi connectivity index (χ1n) is 9.29. The molecule has 30 heavy (non-hydrogen) atoms. The van der Waals surface area contributed by atoms with Crippen LogP contribution >= 0.6 is 0 Å². The molecule has 3 aromatic carbocycles. The maximum absolute atomic E-state index is 13.4. The van der Waals surface area contributed by atoms with Crippen molar-refractivity contribution in [1.29, 1.82) is 0 Å². The second-order valence-corrected chi connectivity index (χ2v) is 8.74. The number of rotatable bonds is 5. The summed E-state index contributed by atoms with van der Waals surface area (Å²) in [5.41, 5.74) is 1.28. The van der Waals surface area contributed by atoms with E-state index in [0.29, 0.717) is 17.0 Å². The number of amides is 1. The van der Waals surface area contributed by atoms with Crippen molar-refractivity contribution in [3.8, 4) is 5.75 Å². The third-order valence-electron chi connectivity index (χ3n) is 4.65. The minimum atomic E-state index is -3.78. The van der Waals surface area contributed by atoms with E-state index in [0.717, 1.165) is 0 Å². The molecule has 1 aliphatic rings. The molecule has 1 atom stereocenters. The van der Waals surface area contributed by atoms with Gasteiger partial charge < -0.3 is 10.1 Å². The van der Waals surface area contributed by atoms with Crippen molar-refractivity contribution < 1.29 is 22.3 Å². The zero-order valence-corrected chi connectivity index (χ0v) is 16.7. The molecular weight excluding hydrogens is 407 g/mol. The Kier molecular flexibility index (Phi) is 5.41. The highest BCUT2D eigenvalue weighted by Gasteiger charge is 2.36. The number of carbonyl (C=O) groups excluding carboxylic acids is 1. The van der Waals surface area contributed by atoms with Gasteiger partial charge in [-0.2, -0.15) is 0 Å². The normalized spacial score (nSPS) is 15.8. The van der Waals surface area contributed by atoms with Gasteiger partial charge in [0.15, 0.2) is 6.10 Å². The van der Waals surface area contributed by atoms with Crippen molar-refractivity contribution in [3.63, 3.8) is 0 Å². The first kappa shape index (κ1) is 19.9. The number of carbonyl (C=O) groups is 1. The van der Waals surface area contributed by atoms with E-state index in [4.69, 9.17) is 4.74 Å². The molecule has 8 heteroatoms. The monoisotopic (exact) mass is 426 g/mol. The number of nitrogens with zero attached hydrogens (tertiary/aromatic N) is 1. The van der Waals surface area contributed by atoms with Crippen molar-refractivity contribution in [2.75, 3.05) is 16.2 Å². The highest BCUT2D eigenvalue weighted by Crippen LogP contribution is 2.36. The third kappa shape index (κ3) is 4.28. The molecule has 0 spiro atoms. The lowest BCUT2D eigenvalue weighted by Crippen LogP contribution is -2.49. The summed E-state index contributed by atoms with van der Waals surface area (Å²) in [6.07, 6.45) is -1.09. The van der Waals surface area contributed by atoms with Crippen LogP contribution in [0, 0.1) is 5.82 Å². The van der Waals surface area contributed by atoms with Crippen LogP contribution < -0.4 is 14.4 Å². The maximum atomic E-state index is 13.4. The Morgan fingerprint density at radius 1 is 1.03 bits per heavy atom. The highest BCUT2D eigenvalue weighted by molar-refractivity contribution is 7.92. The Morgan fingerprint density at radius 3 is 2.53 bits per heavy atom.